The van der Waals surface area contributed by atoms with Gasteiger partial charge in [-0.25, -0.2) is 4.79 Å². The fraction of sp³-hybridized carbons (Fsp3) is 0.438. The van der Waals surface area contributed by atoms with Gasteiger partial charge in [-0.1, -0.05) is 30.3 Å². The largest absolute Gasteiger partial charge is 0.393 e. The molecule has 1 aliphatic carbocycles. The van der Waals surface area contributed by atoms with E-state index in [4.69, 9.17) is 0 Å². The first-order chi connectivity index (χ1) is 11.0. The van der Waals surface area contributed by atoms with E-state index in [2.05, 4.69) is 20.7 Å². The lowest BCUT2D eigenvalue weighted by molar-refractivity contribution is 0.0193. The van der Waals surface area contributed by atoms with Gasteiger partial charge >= 0.3 is 6.03 Å². The predicted molar refractivity (Wildman–Crippen MR) is 86.1 cm³/mol. The molecule has 23 heavy (non-hydrogen) atoms. The number of carbonyl (C=O) groups is 1. The zero-order valence-corrected chi connectivity index (χ0v) is 13.3. The van der Waals surface area contributed by atoms with Crippen molar-refractivity contribution in [2.24, 2.45) is 7.05 Å². The van der Waals surface area contributed by atoms with Crippen LogP contribution in [0.15, 0.2) is 30.3 Å². The van der Waals surface area contributed by atoms with Gasteiger partial charge in [0.15, 0.2) is 0 Å². The molecule has 1 heterocycles. The van der Waals surface area contributed by atoms with Crippen molar-refractivity contribution in [2.45, 2.75) is 31.3 Å². The summed E-state index contributed by atoms with van der Waals surface area (Å²) in [5.41, 5.74) is 0.934. The molecule has 2 amide bonds. The second kappa shape index (κ2) is 6.00. The van der Waals surface area contributed by atoms with Gasteiger partial charge in [-0.05, 0) is 25.3 Å². The summed E-state index contributed by atoms with van der Waals surface area (Å²) >= 11 is 0. The third kappa shape index (κ3) is 3.19. The van der Waals surface area contributed by atoms with Crippen LogP contribution < -0.4 is 10.6 Å². The molecule has 0 saturated heterocycles. The van der Waals surface area contributed by atoms with Gasteiger partial charge in [-0.15, -0.1) is 5.10 Å². The molecule has 1 saturated carbocycles. The first-order valence-corrected chi connectivity index (χ1v) is 7.65. The number of nitrogens with one attached hydrogen (secondary N) is 2. The molecule has 2 aromatic rings. The second-order valence-corrected chi connectivity index (χ2v) is 6.12. The molecule has 0 atom stereocenters. The smallest absolute Gasteiger partial charge is 0.321 e. The Kier molecular flexibility index (Phi) is 4.04. The van der Waals surface area contributed by atoms with Crippen LogP contribution in [-0.4, -0.2) is 38.6 Å². The van der Waals surface area contributed by atoms with Gasteiger partial charge in [-0.3, -0.25) is 10.00 Å². The van der Waals surface area contributed by atoms with E-state index < -0.39 is 0 Å². The number of aliphatic hydroxyl groups excluding tert-OH is 1. The van der Waals surface area contributed by atoms with Crippen molar-refractivity contribution in [3.8, 4) is 0 Å². The highest BCUT2D eigenvalue weighted by Crippen LogP contribution is 2.43. The second-order valence-electron chi connectivity index (χ2n) is 6.12. The Morgan fingerprint density at radius 3 is 2.65 bits per heavy atom. The molecule has 1 aromatic heterocycles. The van der Waals surface area contributed by atoms with Gasteiger partial charge in [0, 0.05) is 19.0 Å². The first-order valence-electron chi connectivity index (χ1n) is 7.65. The molecule has 1 aromatic carbocycles. The third-order valence-electron chi connectivity index (χ3n) is 4.43. The van der Waals surface area contributed by atoms with Gasteiger partial charge in [-0.2, -0.15) is 4.98 Å². The van der Waals surface area contributed by atoms with Crippen LogP contribution in [-0.2, 0) is 12.5 Å². The number of aliphatic hydroxyl groups is 1. The number of amides is 2. The van der Waals surface area contributed by atoms with E-state index in [0.29, 0.717) is 19.4 Å². The zero-order chi connectivity index (χ0) is 16.4. The lowest BCUT2D eigenvalue weighted by Crippen LogP contribution is -2.52. The van der Waals surface area contributed by atoms with E-state index in [0.717, 1.165) is 11.4 Å². The summed E-state index contributed by atoms with van der Waals surface area (Å²) in [7, 11) is 1.77. The van der Waals surface area contributed by atoms with E-state index in [-0.39, 0.29) is 23.5 Å². The Morgan fingerprint density at radius 1 is 1.39 bits per heavy atom. The molecule has 7 heteroatoms. The van der Waals surface area contributed by atoms with Gasteiger partial charge in [0.25, 0.3) is 0 Å². The molecular weight excluding hydrogens is 294 g/mol. The maximum atomic E-state index is 12.1. The summed E-state index contributed by atoms with van der Waals surface area (Å²) in [6.45, 7) is 2.28. The number of hydrogen-bond acceptors (Lipinski definition) is 4. The Hall–Kier alpha value is -2.41. The van der Waals surface area contributed by atoms with Gasteiger partial charge in [0.2, 0.25) is 5.95 Å². The summed E-state index contributed by atoms with van der Waals surface area (Å²) in [5, 5.41) is 19.3. The van der Waals surface area contributed by atoms with Crippen LogP contribution in [0.25, 0.3) is 0 Å². The van der Waals surface area contributed by atoms with Crippen molar-refractivity contribution in [1.82, 2.24) is 20.1 Å². The summed E-state index contributed by atoms with van der Waals surface area (Å²) in [6.07, 6.45) is 0.997. The van der Waals surface area contributed by atoms with Gasteiger partial charge in [0.1, 0.15) is 5.82 Å². The number of carbonyl (C=O) groups excluding carboxylic acids is 1. The molecule has 7 nitrogen and oxygen atoms in total. The van der Waals surface area contributed by atoms with E-state index in [1.807, 2.05) is 37.3 Å². The van der Waals surface area contributed by atoms with Crippen LogP contribution in [0.4, 0.5) is 10.7 Å². The van der Waals surface area contributed by atoms with Crippen molar-refractivity contribution < 1.29 is 9.90 Å². The van der Waals surface area contributed by atoms with E-state index in [9.17, 15) is 9.90 Å². The highest BCUT2D eigenvalue weighted by molar-refractivity contribution is 5.87. The van der Waals surface area contributed by atoms with Crippen molar-refractivity contribution in [1.29, 1.82) is 0 Å². The Morgan fingerprint density at radius 2 is 2.09 bits per heavy atom. The fourth-order valence-corrected chi connectivity index (χ4v) is 3.03. The maximum absolute atomic E-state index is 12.1. The number of aromatic nitrogens is 3. The normalized spacial score (nSPS) is 23.2. The standard InChI is InChI=1S/C16H21N5O2/c1-11-18-14(20-21(11)2)19-15(23)17-10-16(8-13(22)9-16)12-6-4-3-5-7-12/h3-7,13,22H,8-10H2,1-2H3,(H2,17,19,20,23). The van der Waals surface area contributed by atoms with Crippen LogP contribution in [0.5, 0.6) is 0 Å². The molecule has 3 N–H and O–H groups in total. The third-order valence-corrected chi connectivity index (χ3v) is 4.43. The quantitative estimate of drug-likeness (QED) is 0.794. The van der Waals surface area contributed by atoms with Gasteiger partial charge < -0.3 is 10.4 Å². The topological polar surface area (TPSA) is 92.1 Å². The van der Waals surface area contributed by atoms with Crippen LogP contribution in [0.3, 0.4) is 0 Å². The lowest BCUT2D eigenvalue weighted by Gasteiger charge is -2.46. The average molecular weight is 315 g/mol. The molecule has 3 rings (SSSR count). The molecule has 0 unspecified atom stereocenters. The highest BCUT2D eigenvalue weighted by atomic mass is 16.3. The van der Waals surface area contributed by atoms with Crippen molar-refractivity contribution in [2.75, 3.05) is 11.9 Å². The highest BCUT2D eigenvalue weighted by Gasteiger charge is 2.44. The van der Waals surface area contributed by atoms with Crippen LogP contribution in [0.2, 0.25) is 0 Å². The molecule has 1 fully saturated rings. The number of rotatable bonds is 4. The number of anilines is 1. The summed E-state index contributed by atoms with van der Waals surface area (Å²) < 4.78 is 1.60. The lowest BCUT2D eigenvalue weighted by atomic mass is 9.62. The fourth-order valence-electron chi connectivity index (χ4n) is 3.03. The van der Waals surface area contributed by atoms with E-state index in [1.54, 1.807) is 11.7 Å². The molecule has 0 spiro atoms. The van der Waals surface area contributed by atoms with Crippen LogP contribution >= 0.6 is 0 Å². The SMILES string of the molecule is Cc1nc(NC(=O)NCC2(c3ccccc3)CC(O)C2)nn1C. The number of benzene rings is 1. The molecule has 0 radical (unpaired) electrons. The molecule has 122 valence electrons. The number of aryl methyl sites for hydroxylation is 2. The number of nitrogens with zero attached hydrogens (tertiary/aromatic N) is 3. The summed E-state index contributed by atoms with van der Waals surface area (Å²) in [5.74, 6) is 1.01. The van der Waals surface area contributed by atoms with E-state index in [1.165, 1.54) is 0 Å². The number of urea groups is 1. The average Bonchev–Trinajstić information content (AvgIpc) is 2.81. The minimum atomic E-state index is -0.340. The van der Waals surface area contributed by atoms with Crippen molar-refractivity contribution in [3.63, 3.8) is 0 Å². The van der Waals surface area contributed by atoms with Crippen molar-refractivity contribution >= 4 is 12.0 Å². The Labute approximate surface area is 134 Å². The van der Waals surface area contributed by atoms with E-state index >= 15 is 0 Å². The minimum Gasteiger partial charge on any atom is -0.393 e. The molecular formula is C16H21N5O2. The summed E-state index contributed by atoms with van der Waals surface area (Å²) in [6, 6.07) is 9.64. The maximum Gasteiger partial charge on any atom is 0.321 e. The van der Waals surface area contributed by atoms with Crippen LogP contribution in [0.1, 0.15) is 24.2 Å². The monoisotopic (exact) mass is 315 g/mol. The molecule has 0 bridgehead atoms. The summed E-state index contributed by atoms with van der Waals surface area (Å²) in [4.78, 5) is 16.2. The Bertz CT molecular complexity index is 672. The van der Waals surface area contributed by atoms with Gasteiger partial charge in [0.05, 0.1) is 6.10 Å². The Balaban J connectivity index is 1.62. The van der Waals surface area contributed by atoms with Crippen molar-refractivity contribution in [3.05, 3.63) is 41.7 Å². The molecule has 1 aliphatic rings. The minimum absolute atomic E-state index is 0.203. The molecule has 0 aliphatic heterocycles. The zero-order valence-electron chi connectivity index (χ0n) is 13.3. The van der Waals surface area contributed by atoms with Crippen LogP contribution in [0, 0.1) is 6.92 Å². The predicted octanol–water partition coefficient (Wildman–Crippen LogP) is 1.34. The first kappa shape index (κ1) is 15.5. The number of hydrogen-bond donors (Lipinski definition) is 3.